The number of hydrogen-bond acceptors (Lipinski definition) is 3. The van der Waals surface area contributed by atoms with Crippen LogP contribution in [0.2, 0.25) is 0 Å². The van der Waals surface area contributed by atoms with E-state index in [4.69, 9.17) is 9.83 Å². The lowest BCUT2D eigenvalue weighted by Gasteiger charge is -2.18. The first-order valence-electron chi connectivity index (χ1n) is 9.38. The Morgan fingerprint density at radius 2 is 1.70 bits per heavy atom. The van der Waals surface area contributed by atoms with Gasteiger partial charge in [0.1, 0.15) is 11.3 Å². The van der Waals surface area contributed by atoms with Crippen molar-refractivity contribution in [2.24, 2.45) is 0 Å². The van der Waals surface area contributed by atoms with Crippen LogP contribution in [0.5, 0.6) is 0 Å². The molecule has 1 N–H and O–H groups in total. The lowest BCUT2D eigenvalue weighted by Crippen LogP contribution is -2.08. The second kappa shape index (κ2) is 6.92. The zero-order valence-electron chi connectivity index (χ0n) is 16.0. The summed E-state index contributed by atoms with van der Waals surface area (Å²) < 4.78 is 6.20. The highest BCUT2D eigenvalue weighted by molar-refractivity contribution is 6.02. The fraction of sp³-hybridized carbons (Fsp3) is 0.208. The number of anilines is 1. The van der Waals surface area contributed by atoms with Crippen LogP contribution in [0.1, 0.15) is 18.9 Å². The maximum Gasteiger partial charge on any atom is 0.137 e. The Morgan fingerprint density at radius 3 is 2.41 bits per heavy atom. The quantitative estimate of drug-likeness (QED) is 0.476. The average Bonchev–Trinajstić information content (AvgIpc) is 2.66. The average molecular weight is 356 g/mol. The van der Waals surface area contributed by atoms with E-state index in [0.29, 0.717) is 5.36 Å². The van der Waals surface area contributed by atoms with Gasteiger partial charge in [-0.3, -0.25) is 0 Å². The summed E-state index contributed by atoms with van der Waals surface area (Å²) in [6.45, 7) is 2.20. The van der Waals surface area contributed by atoms with Crippen molar-refractivity contribution in [1.29, 1.82) is 5.41 Å². The van der Waals surface area contributed by atoms with Gasteiger partial charge in [0.05, 0.1) is 5.36 Å². The number of hydrogen-bond donors (Lipinski definition) is 1. The maximum atomic E-state index is 7.98. The van der Waals surface area contributed by atoms with Crippen LogP contribution in [-0.4, -0.2) is 14.1 Å². The predicted octanol–water partition coefficient (Wildman–Crippen LogP) is 5.70. The van der Waals surface area contributed by atoms with Crippen molar-refractivity contribution >= 4 is 16.7 Å². The molecule has 27 heavy (non-hydrogen) atoms. The summed E-state index contributed by atoms with van der Waals surface area (Å²) in [6.07, 6.45) is 2.25. The Balaban J connectivity index is 2.02. The van der Waals surface area contributed by atoms with Gasteiger partial charge in [-0.15, -0.1) is 0 Å². The summed E-state index contributed by atoms with van der Waals surface area (Å²) in [5, 5.41) is 9.53. The smallest absolute Gasteiger partial charge is 0.137 e. The second-order valence-electron chi connectivity index (χ2n) is 7.21. The van der Waals surface area contributed by atoms with Crippen LogP contribution in [0, 0.1) is 5.41 Å². The third-order valence-corrected chi connectivity index (χ3v) is 5.00. The summed E-state index contributed by atoms with van der Waals surface area (Å²) in [6, 6.07) is 20.8. The minimum atomic E-state index is 0.457. The molecular weight excluding hydrogens is 332 g/mol. The first-order valence-corrected chi connectivity index (χ1v) is 9.38. The molecule has 2 aliphatic rings. The van der Waals surface area contributed by atoms with Crippen molar-refractivity contribution in [3.63, 3.8) is 0 Å². The number of rotatable bonds is 4. The van der Waals surface area contributed by atoms with Crippen LogP contribution in [-0.2, 0) is 6.42 Å². The molecule has 0 amide bonds. The largest absolute Gasteiger partial charge is 0.456 e. The van der Waals surface area contributed by atoms with Crippen molar-refractivity contribution < 1.29 is 4.42 Å². The molecule has 2 aromatic carbocycles. The Hall–Kier alpha value is -3.07. The van der Waals surface area contributed by atoms with E-state index in [1.165, 1.54) is 16.7 Å². The van der Waals surface area contributed by atoms with Crippen molar-refractivity contribution in [1.82, 2.24) is 0 Å². The molecule has 2 aromatic rings. The van der Waals surface area contributed by atoms with Gasteiger partial charge in [-0.1, -0.05) is 37.6 Å². The Morgan fingerprint density at radius 1 is 0.926 bits per heavy atom. The molecule has 1 aliphatic carbocycles. The molecule has 0 saturated heterocycles. The molecule has 3 heteroatoms. The molecule has 4 rings (SSSR count). The van der Waals surface area contributed by atoms with Crippen LogP contribution in [0.4, 0.5) is 5.69 Å². The molecule has 0 bridgehead atoms. The van der Waals surface area contributed by atoms with E-state index in [1.54, 1.807) is 6.07 Å². The van der Waals surface area contributed by atoms with E-state index >= 15 is 0 Å². The molecular formula is C24H24N2O. The molecule has 0 fully saturated rings. The Kier molecular flexibility index (Phi) is 4.44. The number of benzene rings is 3. The van der Waals surface area contributed by atoms with Gasteiger partial charge in [0.2, 0.25) is 0 Å². The normalized spacial score (nSPS) is 11.2. The molecule has 0 spiro atoms. The topological polar surface area (TPSA) is 40.2 Å². The van der Waals surface area contributed by atoms with Gasteiger partial charge in [0.25, 0.3) is 0 Å². The van der Waals surface area contributed by atoms with Crippen LogP contribution < -0.4 is 10.3 Å². The maximum absolute atomic E-state index is 7.98. The summed E-state index contributed by atoms with van der Waals surface area (Å²) in [7, 11) is 4.05. The number of nitrogens with one attached hydrogen (secondary N) is 1. The molecule has 0 saturated carbocycles. The van der Waals surface area contributed by atoms with Crippen molar-refractivity contribution in [3.8, 4) is 22.5 Å². The van der Waals surface area contributed by atoms with E-state index in [9.17, 15) is 0 Å². The fourth-order valence-electron chi connectivity index (χ4n) is 3.59. The Bertz CT molecular complexity index is 1120. The minimum Gasteiger partial charge on any atom is -0.456 e. The molecule has 0 radical (unpaired) electrons. The summed E-state index contributed by atoms with van der Waals surface area (Å²) in [5.74, 6) is 0.749. The van der Waals surface area contributed by atoms with Gasteiger partial charge in [-0.2, -0.15) is 0 Å². The van der Waals surface area contributed by atoms with Crippen molar-refractivity contribution in [2.75, 3.05) is 19.0 Å². The van der Waals surface area contributed by atoms with Crippen LogP contribution in [0.25, 0.3) is 33.4 Å². The monoisotopic (exact) mass is 356 g/mol. The van der Waals surface area contributed by atoms with Crippen LogP contribution >= 0.6 is 0 Å². The third kappa shape index (κ3) is 3.21. The summed E-state index contributed by atoms with van der Waals surface area (Å²) >= 11 is 0. The molecule has 0 unspecified atom stereocenters. The third-order valence-electron chi connectivity index (χ3n) is 5.00. The minimum absolute atomic E-state index is 0.457. The Labute approximate surface area is 159 Å². The van der Waals surface area contributed by atoms with Crippen LogP contribution in [0.3, 0.4) is 0 Å². The van der Waals surface area contributed by atoms with E-state index in [-0.39, 0.29) is 0 Å². The van der Waals surface area contributed by atoms with Gasteiger partial charge in [0.15, 0.2) is 0 Å². The van der Waals surface area contributed by atoms with E-state index in [2.05, 4.69) is 54.3 Å². The summed E-state index contributed by atoms with van der Waals surface area (Å²) in [5.41, 5.74) is 6.68. The van der Waals surface area contributed by atoms with Gasteiger partial charge in [-0.05, 0) is 41.8 Å². The predicted molar refractivity (Wildman–Crippen MR) is 112 cm³/mol. The molecule has 3 nitrogen and oxygen atoms in total. The zero-order chi connectivity index (χ0) is 19.0. The molecule has 0 aromatic heterocycles. The fourth-order valence-corrected chi connectivity index (χ4v) is 3.59. The standard InChI is InChI=1S/C24H24N2O/c1-4-5-16-6-8-17(9-7-16)24-20-12-10-18(25)14-22(20)27-23-15-19(26(2)3)11-13-21(23)24/h6-15,25H,4-5H2,1-3H3. The highest BCUT2D eigenvalue weighted by Crippen LogP contribution is 2.40. The molecule has 1 aliphatic heterocycles. The highest BCUT2D eigenvalue weighted by Gasteiger charge is 2.17. The number of nitrogens with zero attached hydrogens (tertiary/aromatic N) is 1. The summed E-state index contributed by atoms with van der Waals surface area (Å²) in [4.78, 5) is 2.07. The van der Waals surface area contributed by atoms with Crippen molar-refractivity contribution in [3.05, 3.63) is 71.6 Å². The second-order valence-corrected chi connectivity index (χ2v) is 7.21. The van der Waals surface area contributed by atoms with Gasteiger partial charge in [-0.25, -0.2) is 0 Å². The molecule has 0 atom stereocenters. The van der Waals surface area contributed by atoms with Gasteiger partial charge >= 0.3 is 0 Å². The first kappa shape index (κ1) is 17.3. The lowest BCUT2D eigenvalue weighted by atomic mass is 9.92. The zero-order valence-corrected chi connectivity index (χ0v) is 16.0. The molecule has 1 heterocycles. The van der Waals surface area contributed by atoms with Crippen molar-refractivity contribution in [2.45, 2.75) is 19.8 Å². The van der Waals surface area contributed by atoms with Gasteiger partial charge in [0, 0.05) is 48.4 Å². The lowest BCUT2D eigenvalue weighted by molar-refractivity contribution is 0.619. The van der Waals surface area contributed by atoms with E-state index in [0.717, 1.165) is 40.8 Å². The SMILES string of the molecule is CCCc1ccc(-c2c3ccc(=N)cc-3oc3cc(N(C)C)ccc23)cc1. The first-order chi connectivity index (χ1) is 13.1. The number of fused-ring (bicyclic) bond motifs is 2. The van der Waals surface area contributed by atoms with E-state index in [1.807, 2.05) is 26.2 Å². The number of aryl methyl sites for hydroxylation is 1. The van der Waals surface area contributed by atoms with Gasteiger partial charge < -0.3 is 14.7 Å². The van der Waals surface area contributed by atoms with E-state index < -0.39 is 0 Å². The molecule has 136 valence electrons. The van der Waals surface area contributed by atoms with Crippen LogP contribution in [0.15, 0.2) is 65.1 Å². The highest BCUT2D eigenvalue weighted by atomic mass is 16.3.